The number of aliphatic hydroxyl groups excluding tert-OH is 1. The SMILES string of the molecule is C=C[C@@H]1O[C@H](CO[Si](c2ccccc2)(c2ccccc2)C(C)(C)C)C[C@@H]1O. The zero-order chi connectivity index (χ0) is 19.5. The lowest BCUT2D eigenvalue weighted by Crippen LogP contribution is -2.67. The van der Waals surface area contributed by atoms with Crippen molar-refractivity contribution in [3.05, 3.63) is 73.3 Å². The van der Waals surface area contributed by atoms with E-state index in [1.807, 2.05) is 12.1 Å². The molecule has 0 unspecified atom stereocenters. The number of rotatable bonds is 6. The van der Waals surface area contributed by atoms with Crippen LogP contribution in [0.4, 0.5) is 0 Å². The summed E-state index contributed by atoms with van der Waals surface area (Å²) in [7, 11) is -2.56. The van der Waals surface area contributed by atoms with E-state index < -0.39 is 14.4 Å². The van der Waals surface area contributed by atoms with E-state index >= 15 is 0 Å². The van der Waals surface area contributed by atoms with Gasteiger partial charge in [0.05, 0.1) is 18.8 Å². The van der Waals surface area contributed by atoms with Crippen molar-refractivity contribution in [3.8, 4) is 0 Å². The molecule has 3 nitrogen and oxygen atoms in total. The molecular formula is C23H30O3Si. The molecule has 2 aromatic rings. The molecule has 0 spiro atoms. The van der Waals surface area contributed by atoms with Crippen LogP contribution in [-0.4, -0.2) is 38.3 Å². The summed E-state index contributed by atoms with van der Waals surface area (Å²) in [5, 5.41) is 12.6. The predicted molar refractivity (Wildman–Crippen MR) is 113 cm³/mol. The molecule has 4 heteroatoms. The van der Waals surface area contributed by atoms with Crippen molar-refractivity contribution < 1.29 is 14.3 Å². The standard InChI is InChI=1S/C23H30O3Si/c1-5-22-21(24)16-18(26-22)17-25-27(23(2,3)4,19-12-8-6-9-13-19)20-14-10-7-11-15-20/h5-15,18,21-22,24H,1,16-17H2,2-4H3/t18-,21-,22-/m0/s1. The second-order valence-electron chi connectivity index (χ2n) is 8.24. The van der Waals surface area contributed by atoms with Crippen molar-refractivity contribution in [1.82, 2.24) is 0 Å². The molecular weight excluding hydrogens is 352 g/mol. The molecule has 1 fully saturated rings. The topological polar surface area (TPSA) is 38.7 Å². The van der Waals surface area contributed by atoms with E-state index in [2.05, 4.69) is 75.9 Å². The summed E-state index contributed by atoms with van der Waals surface area (Å²) in [6, 6.07) is 21.1. The van der Waals surface area contributed by atoms with Gasteiger partial charge in [0.15, 0.2) is 0 Å². The first-order valence-corrected chi connectivity index (χ1v) is 11.5. The molecule has 0 amide bonds. The molecule has 1 saturated heterocycles. The predicted octanol–water partition coefficient (Wildman–Crippen LogP) is 3.27. The van der Waals surface area contributed by atoms with E-state index in [1.165, 1.54) is 10.4 Å². The van der Waals surface area contributed by atoms with E-state index in [9.17, 15) is 5.11 Å². The van der Waals surface area contributed by atoms with Gasteiger partial charge in [-0.15, -0.1) is 6.58 Å². The van der Waals surface area contributed by atoms with E-state index in [4.69, 9.17) is 9.16 Å². The number of hydrogen-bond acceptors (Lipinski definition) is 3. The molecule has 1 heterocycles. The monoisotopic (exact) mass is 382 g/mol. The molecule has 27 heavy (non-hydrogen) atoms. The molecule has 1 aliphatic rings. The number of benzene rings is 2. The summed E-state index contributed by atoms with van der Waals surface area (Å²) in [5.41, 5.74) is 0. The zero-order valence-electron chi connectivity index (χ0n) is 16.5. The first kappa shape index (κ1) is 20.0. The Morgan fingerprint density at radius 1 is 1.07 bits per heavy atom. The van der Waals surface area contributed by atoms with Gasteiger partial charge in [0.25, 0.3) is 8.32 Å². The number of ether oxygens (including phenoxy) is 1. The van der Waals surface area contributed by atoms with Gasteiger partial charge < -0.3 is 14.3 Å². The minimum Gasteiger partial charge on any atom is -0.405 e. The second kappa shape index (κ2) is 8.11. The average molecular weight is 383 g/mol. The van der Waals surface area contributed by atoms with Crippen molar-refractivity contribution in [2.24, 2.45) is 0 Å². The summed E-state index contributed by atoms with van der Waals surface area (Å²) in [5.74, 6) is 0. The van der Waals surface area contributed by atoms with Crippen LogP contribution in [0.1, 0.15) is 27.2 Å². The fraction of sp³-hybridized carbons (Fsp3) is 0.391. The second-order valence-corrected chi connectivity index (χ2v) is 12.5. The Labute approximate surface area is 163 Å². The molecule has 0 aromatic heterocycles. The highest BCUT2D eigenvalue weighted by Gasteiger charge is 2.50. The van der Waals surface area contributed by atoms with Gasteiger partial charge in [0, 0.05) is 6.42 Å². The molecule has 3 rings (SSSR count). The molecule has 1 aliphatic heterocycles. The lowest BCUT2D eigenvalue weighted by molar-refractivity contribution is 0.0184. The van der Waals surface area contributed by atoms with Crippen LogP contribution in [0.5, 0.6) is 0 Å². The van der Waals surface area contributed by atoms with Gasteiger partial charge in [-0.25, -0.2) is 0 Å². The van der Waals surface area contributed by atoms with Crippen LogP contribution in [0, 0.1) is 0 Å². The van der Waals surface area contributed by atoms with Gasteiger partial charge in [-0.2, -0.15) is 0 Å². The first-order valence-electron chi connectivity index (χ1n) is 9.59. The molecule has 0 bridgehead atoms. The third-order valence-electron chi connectivity index (χ3n) is 5.37. The Morgan fingerprint density at radius 2 is 1.59 bits per heavy atom. The van der Waals surface area contributed by atoms with Crippen LogP contribution >= 0.6 is 0 Å². The third-order valence-corrected chi connectivity index (χ3v) is 10.4. The summed E-state index contributed by atoms with van der Waals surface area (Å²) in [6.45, 7) is 11.0. The van der Waals surface area contributed by atoms with Gasteiger partial charge in [0.1, 0.15) is 6.10 Å². The van der Waals surface area contributed by atoms with Crippen molar-refractivity contribution in [2.45, 2.75) is 50.5 Å². The summed E-state index contributed by atoms with van der Waals surface area (Å²) in [4.78, 5) is 0. The summed E-state index contributed by atoms with van der Waals surface area (Å²) < 4.78 is 12.8. The highest BCUT2D eigenvalue weighted by Crippen LogP contribution is 2.37. The Balaban J connectivity index is 1.98. The maximum absolute atomic E-state index is 10.1. The van der Waals surface area contributed by atoms with Crippen LogP contribution in [0.15, 0.2) is 73.3 Å². The number of hydrogen-bond donors (Lipinski definition) is 1. The lowest BCUT2D eigenvalue weighted by Gasteiger charge is -2.43. The van der Waals surface area contributed by atoms with Crippen molar-refractivity contribution in [2.75, 3.05) is 6.61 Å². The smallest absolute Gasteiger partial charge is 0.261 e. The molecule has 144 valence electrons. The molecule has 0 saturated carbocycles. The van der Waals surface area contributed by atoms with Gasteiger partial charge in [-0.1, -0.05) is 87.5 Å². The minimum atomic E-state index is -2.56. The van der Waals surface area contributed by atoms with Crippen molar-refractivity contribution >= 4 is 18.7 Å². The first-order chi connectivity index (χ1) is 12.9. The van der Waals surface area contributed by atoms with Crippen LogP contribution in [0.25, 0.3) is 0 Å². The quantitative estimate of drug-likeness (QED) is 0.616. The van der Waals surface area contributed by atoms with E-state index in [0.717, 1.165) is 0 Å². The van der Waals surface area contributed by atoms with E-state index in [0.29, 0.717) is 13.0 Å². The minimum absolute atomic E-state index is 0.0647. The zero-order valence-corrected chi connectivity index (χ0v) is 17.5. The summed E-state index contributed by atoms with van der Waals surface area (Å²) >= 11 is 0. The Morgan fingerprint density at radius 3 is 2.00 bits per heavy atom. The molecule has 2 aromatic carbocycles. The van der Waals surface area contributed by atoms with Crippen LogP contribution in [0.2, 0.25) is 5.04 Å². The maximum Gasteiger partial charge on any atom is 0.261 e. The van der Waals surface area contributed by atoms with Gasteiger partial charge in [-0.05, 0) is 15.4 Å². The van der Waals surface area contributed by atoms with Gasteiger partial charge in [-0.3, -0.25) is 0 Å². The molecule has 3 atom stereocenters. The van der Waals surface area contributed by atoms with Crippen molar-refractivity contribution in [1.29, 1.82) is 0 Å². The Hall–Kier alpha value is -1.72. The fourth-order valence-electron chi connectivity index (χ4n) is 4.07. The molecule has 0 aliphatic carbocycles. The maximum atomic E-state index is 10.1. The average Bonchev–Trinajstić information content (AvgIpc) is 3.03. The van der Waals surface area contributed by atoms with Crippen LogP contribution < -0.4 is 10.4 Å². The highest BCUT2D eigenvalue weighted by atomic mass is 28.4. The lowest BCUT2D eigenvalue weighted by atomic mass is 10.1. The van der Waals surface area contributed by atoms with Crippen LogP contribution in [0.3, 0.4) is 0 Å². The normalized spacial score (nSPS) is 23.3. The third kappa shape index (κ3) is 3.94. The fourth-order valence-corrected chi connectivity index (χ4v) is 8.66. The van der Waals surface area contributed by atoms with Gasteiger partial charge in [0.2, 0.25) is 0 Å². The van der Waals surface area contributed by atoms with Gasteiger partial charge >= 0.3 is 0 Å². The Kier molecular flexibility index (Phi) is 6.01. The highest BCUT2D eigenvalue weighted by molar-refractivity contribution is 6.99. The van der Waals surface area contributed by atoms with Crippen molar-refractivity contribution in [3.63, 3.8) is 0 Å². The Bertz CT molecular complexity index is 700. The molecule has 0 radical (unpaired) electrons. The molecule has 1 N–H and O–H groups in total. The van der Waals surface area contributed by atoms with E-state index in [1.54, 1.807) is 6.08 Å². The van der Waals surface area contributed by atoms with Crippen LogP contribution in [-0.2, 0) is 9.16 Å². The largest absolute Gasteiger partial charge is 0.405 e. The van der Waals surface area contributed by atoms with E-state index in [-0.39, 0.29) is 17.2 Å². The summed E-state index contributed by atoms with van der Waals surface area (Å²) in [6.07, 6.45) is 1.32. The number of aliphatic hydroxyl groups is 1.